The number of hydrogen-bond donors (Lipinski definition) is 1. The monoisotopic (exact) mass is 489 g/mol. The number of aromatic nitrogens is 1. The van der Waals surface area contributed by atoms with Gasteiger partial charge in [-0.15, -0.1) is 0 Å². The fraction of sp³-hybridized carbons (Fsp3) is 0.448. The Hall–Kier alpha value is -3.48. The highest BCUT2D eigenvalue weighted by Gasteiger charge is 2.49. The third-order valence-corrected chi connectivity index (χ3v) is 8.31. The van der Waals surface area contributed by atoms with E-state index in [1.165, 1.54) is 6.42 Å². The topological polar surface area (TPSA) is 76.7 Å². The first-order valence-electron chi connectivity index (χ1n) is 12.8. The first-order valence-corrected chi connectivity index (χ1v) is 12.8. The van der Waals surface area contributed by atoms with Crippen molar-refractivity contribution in [3.8, 4) is 17.2 Å². The Bertz CT molecular complexity index is 1250. The van der Waals surface area contributed by atoms with Crippen molar-refractivity contribution in [3.63, 3.8) is 0 Å². The second-order valence-electron chi connectivity index (χ2n) is 10.5. The van der Waals surface area contributed by atoms with Gasteiger partial charge in [-0.05, 0) is 55.5 Å². The largest absolute Gasteiger partial charge is 0.496 e. The highest BCUT2D eigenvalue weighted by molar-refractivity contribution is 6.00. The normalized spacial score (nSPS) is 25.9. The smallest absolute Gasteiger partial charge is 0.271 e. The van der Waals surface area contributed by atoms with Crippen LogP contribution in [0.5, 0.6) is 5.75 Å². The fourth-order valence-corrected chi connectivity index (χ4v) is 5.77. The average Bonchev–Trinajstić information content (AvgIpc) is 3.55. The second kappa shape index (κ2) is 9.52. The van der Waals surface area contributed by atoms with Crippen molar-refractivity contribution in [2.75, 3.05) is 7.11 Å². The maximum absolute atomic E-state index is 14.1. The average molecular weight is 490 g/mol. The van der Waals surface area contributed by atoms with E-state index in [0.717, 1.165) is 24.1 Å². The molecule has 5 rings (SSSR count). The van der Waals surface area contributed by atoms with E-state index in [4.69, 9.17) is 9.15 Å². The molecule has 0 spiro atoms. The van der Waals surface area contributed by atoms with E-state index in [1.54, 1.807) is 18.3 Å². The highest BCUT2D eigenvalue weighted by Crippen LogP contribution is 2.36. The number of benzene rings is 1. The van der Waals surface area contributed by atoms with E-state index in [2.05, 4.69) is 19.2 Å². The summed E-state index contributed by atoms with van der Waals surface area (Å²) in [6.07, 6.45) is 4.86. The number of carbonyl (C=O) groups excluding carboxylic acids is 2. The Morgan fingerprint density at radius 1 is 1.11 bits per heavy atom. The van der Waals surface area contributed by atoms with Crippen LogP contribution in [0.1, 0.15) is 56.1 Å². The molecule has 1 aromatic carbocycles. The predicted octanol–water partition coefficient (Wildman–Crippen LogP) is 5.11. The van der Waals surface area contributed by atoms with Gasteiger partial charge in [0.15, 0.2) is 0 Å². The van der Waals surface area contributed by atoms with Crippen LogP contribution in [0.4, 0.5) is 0 Å². The van der Waals surface area contributed by atoms with Gasteiger partial charge in [-0.1, -0.05) is 44.9 Å². The summed E-state index contributed by atoms with van der Waals surface area (Å²) >= 11 is 0. The summed E-state index contributed by atoms with van der Waals surface area (Å²) in [6.45, 7) is 6.94. The number of fused-ring (bicyclic) bond motifs is 1. The number of methoxy groups -OCH3 is 1. The molecular weight excluding hydrogens is 454 g/mol. The SMILES string of the molecule is COc1ccccc1CN1C(=O)c2ccc(-c3ccco3)n2C[C@]1(C)C(=O)N[C@@H]1CCC[C@H](C)[C@H]1C. The zero-order chi connectivity index (χ0) is 25.4. The number of rotatable bonds is 6. The molecule has 0 bridgehead atoms. The van der Waals surface area contributed by atoms with Crippen molar-refractivity contribution in [2.45, 2.75) is 64.7 Å². The molecular formula is C29H35N3O4. The molecule has 0 saturated heterocycles. The van der Waals surface area contributed by atoms with Crippen LogP contribution < -0.4 is 10.1 Å². The molecule has 1 N–H and O–H groups in total. The zero-order valence-corrected chi connectivity index (χ0v) is 21.5. The number of para-hydroxylation sites is 1. The van der Waals surface area contributed by atoms with Gasteiger partial charge >= 0.3 is 0 Å². The summed E-state index contributed by atoms with van der Waals surface area (Å²) in [4.78, 5) is 29.8. The van der Waals surface area contributed by atoms with Crippen LogP contribution in [0.15, 0.2) is 59.2 Å². The van der Waals surface area contributed by atoms with Crippen LogP contribution in [-0.4, -0.2) is 40.0 Å². The molecule has 190 valence electrons. The van der Waals surface area contributed by atoms with E-state index in [1.807, 2.05) is 60.0 Å². The van der Waals surface area contributed by atoms with Crippen molar-refractivity contribution in [1.82, 2.24) is 14.8 Å². The molecule has 3 heterocycles. The highest BCUT2D eigenvalue weighted by atomic mass is 16.5. The summed E-state index contributed by atoms with van der Waals surface area (Å²) in [6, 6.07) is 15.1. The Labute approximate surface area is 212 Å². The number of hydrogen-bond acceptors (Lipinski definition) is 4. The molecule has 1 saturated carbocycles. The van der Waals surface area contributed by atoms with Crippen molar-refractivity contribution < 1.29 is 18.7 Å². The van der Waals surface area contributed by atoms with Gasteiger partial charge in [0.1, 0.15) is 22.7 Å². The lowest BCUT2D eigenvalue weighted by atomic mass is 9.77. The number of nitrogens with zero attached hydrogens (tertiary/aromatic N) is 2. The maximum atomic E-state index is 14.1. The zero-order valence-electron chi connectivity index (χ0n) is 21.5. The predicted molar refractivity (Wildman–Crippen MR) is 138 cm³/mol. The molecule has 7 nitrogen and oxygen atoms in total. The van der Waals surface area contributed by atoms with E-state index in [-0.39, 0.29) is 24.4 Å². The van der Waals surface area contributed by atoms with E-state index >= 15 is 0 Å². The van der Waals surface area contributed by atoms with E-state index < -0.39 is 5.54 Å². The van der Waals surface area contributed by atoms with Crippen LogP contribution in [0.2, 0.25) is 0 Å². The molecule has 2 aliphatic rings. The Balaban J connectivity index is 1.54. The summed E-state index contributed by atoms with van der Waals surface area (Å²) < 4.78 is 13.1. The molecule has 36 heavy (non-hydrogen) atoms. The second-order valence-corrected chi connectivity index (χ2v) is 10.5. The molecule has 7 heteroatoms. The molecule has 2 amide bonds. The molecule has 3 aromatic rings. The summed E-state index contributed by atoms with van der Waals surface area (Å²) in [5.41, 5.74) is 1.09. The third kappa shape index (κ3) is 4.10. The lowest BCUT2D eigenvalue weighted by Crippen LogP contribution is -2.65. The van der Waals surface area contributed by atoms with Crippen molar-refractivity contribution in [3.05, 3.63) is 66.1 Å². The minimum Gasteiger partial charge on any atom is -0.496 e. The number of carbonyl (C=O) groups is 2. The summed E-state index contributed by atoms with van der Waals surface area (Å²) in [5.74, 6) is 1.99. The van der Waals surface area contributed by atoms with Gasteiger partial charge in [-0.2, -0.15) is 0 Å². The van der Waals surface area contributed by atoms with Gasteiger partial charge in [-0.25, -0.2) is 0 Å². The quantitative estimate of drug-likeness (QED) is 0.522. The van der Waals surface area contributed by atoms with Gasteiger partial charge in [0, 0.05) is 11.6 Å². The first kappa shape index (κ1) is 24.2. The van der Waals surface area contributed by atoms with Gasteiger partial charge < -0.3 is 23.9 Å². The minimum atomic E-state index is -1.11. The molecule has 4 atom stereocenters. The van der Waals surface area contributed by atoms with Crippen LogP contribution in [0.25, 0.3) is 11.5 Å². The first-order chi connectivity index (χ1) is 17.3. The Kier molecular flexibility index (Phi) is 6.41. The molecule has 0 radical (unpaired) electrons. The molecule has 1 aliphatic heterocycles. The molecule has 2 aromatic heterocycles. The number of furan rings is 1. The van der Waals surface area contributed by atoms with Crippen LogP contribution >= 0.6 is 0 Å². The molecule has 1 fully saturated rings. The number of amides is 2. The van der Waals surface area contributed by atoms with Crippen molar-refractivity contribution >= 4 is 11.8 Å². The third-order valence-electron chi connectivity index (χ3n) is 8.31. The number of ether oxygens (including phenoxy) is 1. The summed E-state index contributed by atoms with van der Waals surface area (Å²) in [5, 5.41) is 3.35. The van der Waals surface area contributed by atoms with Crippen molar-refractivity contribution in [2.24, 2.45) is 11.8 Å². The lowest BCUT2D eigenvalue weighted by Gasteiger charge is -2.46. The van der Waals surface area contributed by atoms with Crippen molar-refractivity contribution in [1.29, 1.82) is 0 Å². The fourth-order valence-electron chi connectivity index (χ4n) is 5.77. The van der Waals surface area contributed by atoms with Crippen LogP contribution in [-0.2, 0) is 17.9 Å². The van der Waals surface area contributed by atoms with Gasteiger partial charge in [0.25, 0.3) is 5.91 Å². The van der Waals surface area contributed by atoms with Gasteiger partial charge in [-0.3, -0.25) is 9.59 Å². The van der Waals surface area contributed by atoms with E-state index in [0.29, 0.717) is 35.6 Å². The molecule has 0 unspecified atom stereocenters. The van der Waals surface area contributed by atoms with Crippen LogP contribution in [0, 0.1) is 11.8 Å². The van der Waals surface area contributed by atoms with Crippen LogP contribution in [0.3, 0.4) is 0 Å². The lowest BCUT2D eigenvalue weighted by molar-refractivity contribution is -0.134. The molecule has 1 aliphatic carbocycles. The Morgan fingerprint density at radius 2 is 1.89 bits per heavy atom. The van der Waals surface area contributed by atoms with Gasteiger partial charge in [0.05, 0.1) is 32.2 Å². The minimum absolute atomic E-state index is 0.0943. The number of nitrogens with one attached hydrogen (secondary N) is 1. The summed E-state index contributed by atoms with van der Waals surface area (Å²) in [7, 11) is 1.62. The standard InChI is InChI=1S/C29H35N3O4/c1-19-9-7-11-22(20(19)2)30-28(34)29(3)18-31-23(26-13-8-16-36-26)14-15-24(31)27(33)32(29)17-21-10-5-6-12-25(21)35-4/h5-6,8,10,12-16,19-20,22H,7,9,11,17-18H2,1-4H3,(H,30,34)/t19-,20+,22+,29+/m0/s1. The Morgan fingerprint density at radius 3 is 2.64 bits per heavy atom. The van der Waals surface area contributed by atoms with Gasteiger partial charge in [0.2, 0.25) is 5.91 Å². The maximum Gasteiger partial charge on any atom is 0.271 e. The van der Waals surface area contributed by atoms with E-state index in [9.17, 15) is 9.59 Å².